The minimum absolute atomic E-state index is 0.0377. The molecule has 2 rings (SSSR count). The molecule has 0 bridgehead atoms. The lowest BCUT2D eigenvalue weighted by Gasteiger charge is -2.46. The molecule has 37 heavy (non-hydrogen) atoms. The molecular weight excluding hydrogens is 466 g/mol. The van der Waals surface area contributed by atoms with Crippen LogP contribution in [0, 0.1) is 35.0 Å². The number of carbonyl (C=O) groups excluding carboxylic acids is 2. The van der Waals surface area contributed by atoms with Crippen molar-refractivity contribution in [3.63, 3.8) is 0 Å². The number of amides is 1. The predicted molar refractivity (Wildman–Crippen MR) is 149 cm³/mol. The van der Waals surface area contributed by atoms with E-state index in [-0.39, 0.29) is 54.5 Å². The second-order valence-corrected chi connectivity index (χ2v) is 12.4. The molecule has 0 spiro atoms. The zero-order chi connectivity index (χ0) is 27.9. The molecule has 0 heterocycles. The summed E-state index contributed by atoms with van der Waals surface area (Å²) in [4.78, 5) is 27.1. The minimum Gasteiger partial charge on any atom is -0.461 e. The van der Waals surface area contributed by atoms with Gasteiger partial charge in [0.05, 0.1) is 24.0 Å². The van der Waals surface area contributed by atoms with E-state index in [0.29, 0.717) is 18.9 Å². The predicted octanol–water partition coefficient (Wildman–Crippen LogP) is 5.53. The molecule has 6 heteroatoms. The van der Waals surface area contributed by atoms with Gasteiger partial charge in [0, 0.05) is 19.5 Å². The highest BCUT2D eigenvalue weighted by molar-refractivity contribution is 5.76. The van der Waals surface area contributed by atoms with Gasteiger partial charge >= 0.3 is 5.97 Å². The molecule has 0 radical (unpaired) electrons. The van der Waals surface area contributed by atoms with E-state index in [1.54, 1.807) is 11.9 Å². The van der Waals surface area contributed by atoms with Crippen LogP contribution >= 0.6 is 0 Å². The number of ether oxygens (including phenoxy) is 1. The topological polar surface area (TPSA) is 87.1 Å². The Labute approximate surface area is 225 Å². The fourth-order valence-electron chi connectivity index (χ4n) is 5.60. The first-order chi connectivity index (χ1) is 17.3. The monoisotopic (exact) mass is 519 g/mol. The minimum atomic E-state index is -0.855. The third-order valence-corrected chi connectivity index (χ3v) is 9.01. The van der Waals surface area contributed by atoms with Gasteiger partial charge in [0.15, 0.2) is 0 Å². The van der Waals surface area contributed by atoms with Crippen LogP contribution < -0.4 is 0 Å². The first-order valence-corrected chi connectivity index (χ1v) is 14.5. The van der Waals surface area contributed by atoms with Crippen LogP contribution in [0.2, 0.25) is 0 Å². The molecule has 0 fully saturated rings. The van der Waals surface area contributed by atoms with Crippen molar-refractivity contribution in [2.45, 2.75) is 112 Å². The van der Waals surface area contributed by atoms with Crippen LogP contribution in [0.25, 0.3) is 0 Å². The van der Waals surface area contributed by atoms with Crippen molar-refractivity contribution in [2.24, 2.45) is 35.0 Å². The summed E-state index contributed by atoms with van der Waals surface area (Å²) in [6.07, 6.45) is 9.21. The molecule has 0 aromatic rings. The molecule has 8 atom stereocenters. The maximum atomic E-state index is 13.1. The van der Waals surface area contributed by atoms with Crippen molar-refractivity contribution in [3.8, 4) is 0 Å². The first-order valence-electron chi connectivity index (χ1n) is 14.5. The average Bonchev–Trinajstić information content (AvgIpc) is 2.84. The third-order valence-electron chi connectivity index (χ3n) is 9.01. The number of allylic oxidation sites excluding steroid dienone is 3. The first kappa shape index (κ1) is 31.6. The Morgan fingerprint density at radius 1 is 1.11 bits per heavy atom. The van der Waals surface area contributed by atoms with Crippen LogP contribution in [0.1, 0.15) is 93.4 Å². The Hall–Kier alpha value is -1.66. The second kappa shape index (κ2) is 13.9. The Balaban J connectivity index is 2.07. The van der Waals surface area contributed by atoms with E-state index in [0.717, 1.165) is 25.7 Å². The molecule has 6 nitrogen and oxygen atoms in total. The van der Waals surface area contributed by atoms with Crippen LogP contribution in [0.15, 0.2) is 23.8 Å². The number of fused-ring (bicyclic) bond motifs is 1. The molecular formula is C31H53NO5. The van der Waals surface area contributed by atoms with E-state index >= 15 is 0 Å². The SMILES string of the molecule is CCCCN(C)C(=O)C[C@H](O)C[C@H](O)CC[C@@H]1[C@@H]2C(=C[C@H](C)[C@@H](C)[C@@H]2OC(=O)C(C)(C)CC)C=C[C@@H]1C. The maximum absolute atomic E-state index is 13.1. The van der Waals surface area contributed by atoms with Crippen LogP contribution in [0.4, 0.5) is 0 Å². The maximum Gasteiger partial charge on any atom is 0.311 e. The summed E-state index contributed by atoms with van der Waals surface area (Å²) in [6.45, 7) is 15.2. The van der Waals surface area contributed by atoms with Gasteiger partial charge in [-0.3, -0.25) is 9.59 Å². The molecule has 2 N–H and O–H groups in total. The number of rotatable bonds is 13. The van der Waals surface area contributed by atoms with E-state index in [4.69, 9.17) is 4.74 Å². The lowest BCUT2D eigenvalue weighted by Crippen LogP contribution is -2.47. The lowest BCUT2D eigenvalue weighted by molar-refractivity contribution is -0.168. The van der Waals surface area contributed by atoms with Crippen LogP contribution in [0.5, 0.6) is 0 Å². The fourth-order valence-corrected chi connectivity index (χ4v) is 5.60. The number of hydrogen-bond acceptors (Lipinski definition) is 5. The summed E-state index contributed by atoms with van der Waals surface area (Å²) in [6, 6.07) is 0. The van der Waals surface area contributed by atoms with Gasteiger partial charge in [-0.1, -0.05) is 59.3 Å². The number of hydrogen-bond donors (Lipinski definition) is 2. The molecule has 0 aromatic carbocycles. The number of aliphatic hydroxyl groups is 2. The average molecular weight is 520 g/mol. The van der Waals surface area contributed by atoms with Crippen LogP contribution in [-0.4, -0.2) is 58.9 Å². The zero-order valence-electron chi connectivity index (χ0n) is 24.6. The standard InChI is InChI=1S/C31H53NO5/c1-9-11-16-32(8)27(35)19-25(34)18-24(33)14-15-26-20(3)12-13-23-17-21(4)22(5)29(28(23)26)37-30(36)31(6,7)10-2/h12-13,17,20-22,24-26,28-29,33-34H,9-11,14-16,18-19H2,1-8H3/t20-,21-,22+,24+,25+,26-,28-,29-/m0/s1. The fraction of sp³-hybridized carbons (Fsp3) is 0.806. The van der Waals surface area contributed by atoms with E-state index in [1.165, 1.54) is 5.57 Å². The van der Waals surface area contributed by atoms with Gasteiger partial charge in [-0.05, 0) is 75.2 Å². The van der Waals surface area contributed by atoms with Gasteiger partial charge in [0.25, 0.3) is 0 Å². The summed E-state index contributed by atoms with van der Waals surface area (Å²) in [5.74, 6) is 0.886. The highest BCUT2D eigenvalue weighted by atomic mass is 16.5. The Morgan fingerprint density at radius 2 is 1.78 bits per heavy atom. The third kappa shape index (κ3) is 8.41. The number of esters is 1. The highest BCUT2D eigenvalue weighted by Crippen LogP contribution is 2.47. The van der Waals surface area contributed by atoms with E-state index < -0.39 is 17.6 Å². The van der Waals surface area contributed by atoms with E-state index in [1.807, 2.05) is 20.8 Å². The Morgan fingerprint density at radius 3 is 2.41 bits per heavy atom. The lowest BCUT2D eigenvalue weighted by atomic mass is 9.62. The molecule has 0 saturated carbocycles. The molecule has 0 aliphatic heterocycles. The summed E-state index contributed by atoms with van der Waals surface area (Å²) in [5, 5.41) is 21.2. The highest BCUT2D eigenvalue weighted by Gasteiger charge is 2.46. The largest absolute Gasteiger partial charge is 0.461 e. The number of unbranched alkanes of at least 4 members (excludes halogenated alkanes) is 1. The summed E-state index contributed by atoms with van der Waals surface area (Å²) >= 11 is 0. The van der Waals surface area contributed by atoms with E-state index in [2.05, 4.69) is 45.9 Å². The van der Waals surface area contributed by atoms with Crippen LogP contribution in [0.3, 0.4) is 0 Å². The molecule has 0 saturated heterocycles. The van der Waals surface area contributed by atoms with Crippen molar-refractivity contribution in [3.05, 3.63) is 23.8 Å². The van der Waals surface area contributed by atoms with Gasteiger partial charge in [-0.15, -0.1) is 0 Å². The zero-order valence-corrected chi connectivity index (χ0v) is 24.6. The van der Waals surface area contributed by atoms with Crippen molar-refractivity contribution < 1.29 is 24.5 Å². The molecule has 2 aliphatic rings. The summed E-state index contributed by atoms with van der Waals surface area (Å²) < 4.78 is 6.28. The van der Waals surface area contributed by atoms with Crippen molar-refractivity contribution >= 4 is 11.9 Å². The number of nitrogens with zero attached hydrogens (tertiary/aromatic N) is 1. The summed E-state index contributed by atoms with van der Waals surface area (Å²) in [7, 11) is 1.76. The number of carbonyl (C=O) groups is 2. The Kier molecular flexibility index (Phi) is 11.9. The van der Waals surface area contributed by atoms with Crippen molar-refractivity contribution in [1.29, 1.82) is 0 Å². The Bertz CT molecular complexity index is 818. The van der Waals surface area contributed by atoms with Crippen LogP contribution in [-0.2, 0) is 14.3 Å². The van der Waals surface area contributed by atoms with Gasteiger partial charge in [0.2, 0.25) is 5.91 Å². The quantitative estimate of drug-likeness (QED) is 0.313. The van der Waals surface area contributed by atoms with Gasteiger partial charge < -0.3 is 19.8 Å². The van der Waals surface area contributed by atoms with Crippen molar-refractivity contribution in [1.82, 2.24) is 4.90 Å². The molecule has 0 unspecified atom stereocenters. The second-order valence-electron chi connectivity index (χ2n) is 12.4. The van der Waals surface area contributed by atoms with Gasteiger partial charge in [-0.2, -0.15) is 0 Å². The normalized spacial score (nSPS) is 29.2. The van der Waals surface area contributed by atoms with Crippen molar-refractivity contribution in [2.75, 3.05) is 13.6 Å². The molecule has 2 aliphatic carbocycles. The molecule has 212 valence electrons. The molecule has 1 amide bonds. The van der Waals surface area contributed by atoms with Gasteiger partial charge in [0.1, 0.15) is 6.10 Å². The van der Waals surface area contributed by atoms with Gasteiger partial charge in [-0.25, -0.2) is 0 Å². The number of aliphatic hydroxyl groups excluding tert-OH is 2. The summed E-state index contributed by atoms with van der Waals surface area (Å²) in [5.41, 5.74) is 0.709. The smallest absolute Gasteiger partial charge is 0.311 e. The van der Waals surface area contributed by atoms with E-state index in [9.17, 15) is 19.8 Å². The molecule has 0 aromatic heterocycles.